The monoisotopic (exact) mass is 463 g/mol. The van der Waals surface area contributed by atoms with Crippen molar-refractivity contribution in [3.63, 3.8) is 0 Å². The van der Waals surface area contributed by atoms with Gasteiger partial charge in [-0.1, -0.05) is 18.2 Å². The Balaban J connectivity index is 1.97. The van der Waals surface area contributed by atoms with E-state index in [0.29, 0.717) is 12.0 Å². The standard InChI is InChI=1S/C20H22IN3O2/c1-4-6-15-7-5-8-16(19(15)25)12-22-24-20(26)14(3)23-17-9-10-18(21)13(2)11-17/h4-5,7-12,14,23,25H,1,6H2,2-3H3,(H,24,26). The Morgan fingerprint density at radius 1 is 1.38 bits per heavy atom. The van der Waals surface area contributed by atoms with E-state index in [4.69, 9.17) is 0 Å². The zero-order valence-electron chi connectivity index (χ0n) is 14.8. The molecule has 2 rings (SSSR count). The van der Waals surface area contributed by atoms with Gasteiger partial charge in [0.05, 0.1) is 6.21 Å². The molecule has 0 fully saturated rings. The van der Waals surface area contributed by atoms with Crippen LogP contribution in [0.25, 0.3) is 0 Å². The zero-order chi connectivity index (χ0) is 19.1. The number of aryl methyl sites for hydroxylation is 1. The molecular formula is C20H22IN3O2. The number of carbonyl (C=O) groups excluding carboxylic acids is 1. The summed E-state index contributed by atoms with van der Waals surface area (Å²) in [4.78, 5) is 12.2. The number of hydrogen-bond donors (Lipinski definition) is 3. The molecule has 26 heavy (non-hydrogen) atoms. The van der Waals surface area contributed by atoms with E-state index in [0.717, 1.165) is 16.8 Å². The Hall–Kier alpha value is -2.35. The summed E-state index contributed by atoms with van der Waals surface area (Å²) in [5.74, 6) is -0.120. The zero-order valence-corrected chi connectivity index (χ0v) is 16.9. The first-order valence-corrected chi connectivity index (χ1v) is 9.27. The quantitative estimate of drug-likeness (QED) is 0.252. The number of para-hydroxylation sites is 1. The van der Waals surface area contributed by atoms with Crippen molar-refractivity contribution in [3.8, 4) is 5.75 Å². The molecule has 0 aliphatic rings. The fourth-order valence-corrected chi connectivity index (χ4v) is 2.68. The minimum absolute atomic E-state index is 0.144. The maximum Gasteiger partial charge on any atom is 0.262 e. The number of allylic oxidation sites excluding steroid dienone is 1. The highest BCUT2D eigenvalue weighted by Crippen LogP contribution is 2.21. The van der Waals surface area contributed by atoms with E-state index in [2.05, 4.69) is 45.0 Å². The molecule has 1 unspecified atom stereocenters. The molecule has 136 valence electrons. The molecule has 0 saturated carbocycles. The number of aromatic hydroxyl groups is 1. The van der Waals surface area contributed by atoms with E-state index >= 15 is 0 Å². The van der Waals surface area contributed by atoms with Gasteiger partial charge in [-0.3, -0.25) is 4.79 Å². The number of phenolic OH excluding ortho intramolecular Hbond substituents is 1. The first-order valence-electron chi connectivity index (χ1n) is 8.19. The van der Waals surface area contributed by atoms with Crippen molar-refractivity contribution in [2.75, 3.05) is 5.32 Å². The highest BCUT2D eigenvalue weighted by Gasteiger charge is 2.12. The van der Waals surface area contributed by atoms with E-state index in [-0.39, 0.29) is 11.7 Å². The number of benzene rings is 2. The molecule has 3 N–H and O–H groups in total. The summed E-state index contributed by atoms with van der Waals surface area (Å²) in [6, 6.07) is 10.9. The van der Waals surface area contributed by atoms with Gasteiger partial charge in [0.1, 0.15) is 11.8 Å². The number of rotatable bonds is 7. The third kappa shape index (κ3) is 5.32. The average Bonchev–Trinajstić information content (AvgIpc) is 2.61. The van der Waals surface area contributed by atoms with E-state index < -0.39 is 6.04 Å². The Labute approximate surface area is 167 Å². The second-order valence-corrected chi connectivity index (χ2v) is 7.07. The van der Waals surface area contributed by atoms with Crippen LogP contribution in [0.15, 0.2) is 54.2 Å². The number of nitrogens with zero attached hydrogens (tertiary/aromatic N) is 1. The molecular weight excluding hydrogens is 441 g/mol. The van der Waals surface area contributed by atoms with Crippen LogP contribution < -0.4 is 10.7 Å². The molecule has 0 aliphatic heterocycles. The number of phenols is 1. The molecule has 1 atom stereocenters. The van der Waals surface area contributed by atoms with Gasteiger partial charge in [-0.15, -0.1) is 6.58 Å². The van der Waals surface area contributed by atoms with Crippen molar-refractivity contribution < 1.29 is 9.90 Å². The van der Waals surface area contributed by atoms with Crippen LogP contribution in [0, 0.1) is 10.5 Å². The number of amides is 1. The number of carbonyl (C=O) groups is 1. The molecule has 0 aliphatic carbocycles. The Morgan fingerprint density at radius 2 is 2.15 bits per heavy atom. The molecule has 2 aromatic rings. The van der Waals surface area contributed by atoms with Crippen LogP contribution in [0.5, 0.6) is 5.75 Å². The Kier molecular flexibility index (Phi) is 7.20. The highest BCUT2D eigenvalue weighted by atomic mass is 127. The molecule has 2 aromatic carbocycles. The predicted molar refractivity (Wildman–Crippen MR) is 115 cm³/mol. The summed E-state index contributed by atoms with van der Waals surface area (Å²) in [5, 5.41) is 17.3. The van der Waals surface area contributed by atoms with Gasteiger partial charge in [0.2, 0.25) is 0 Å². The lowest BCUT2D eigenvalue weighted by Crippen LogP contribution is -2.34. The second-order valence-electron chi connectivity index (χ2n) is 5.91. The van der Waals surface area contributed by atoms with Crippen molar-refractivity contribution >= 4 is 40.4 Å². The van der Waals surface area contributed by atoms with Gasteiger partial charge in [-0.05, 0) is 78.3 Å². The van der Waals surface area contributed by atoms with Gasteiger partial charge in [-0.2, -0.15) is 5.10 Å². The van der Waals surface area contributed by atoms with Gasteiger partial charge in [0, 0.05) is 14.8 Å². The summed E-state index contributed by atoms with van der Waals surface area (Å²) in [7, 11) is 0. The molecule has 5 nitrogen and oxygen atoms in total. The molecule has 0 aromatic heterocycles. The third-order valence-corrected chi connectivity index (χ3v) is 5.04. The van der Waals surface area contributed by atoms with Gasteiger partial charge in [-0.25, -0.2) is 5.43 Å². The van der Waals surface area contributed by atoms with Crippen molar-refractivity contribution in [1.82, 2.24) is 5.43 Å². The Morgan fingerprint density at radius 3 is 2.85 bits per heavy atom. The van der Waals surface area contributed by atoms with E-state index in [1.165, 1.54) is 9.78 Å². The minimum atomic E-state index is -0.452. The van der Waals surface area contributed by atoms with Gasteiger partial charge >= 0.3 is 0 Å². The summed E-state index contributed by atoms with van der Waals surface area (Å²) in [6.45, 7) is 7.45. The van der Waals surface area contributed by atoms with Crippen LogP contribution in [-0.4, -0.2) is 23.3 Å². The van der Waals surface area contributed by atoms with Crippen LogP contribution in [0.2, 0.25) is 0 Å². The fraction of sp³-hybridized carbons (Fsp3) is 0.200. The van der Waals surface area contributed by atoms with E-state index in [1.54, 1.807) is 19.1 Å². The van der Waals surface area contributed by atoms with Crippen molar-refractivity contribution in [2.24, 2.45) is 5.10 Å². The van der Waals surface area contributed by atoms with Gasteiger partial charge in [0.25, 0.3) is 5.91 Å². The van der Waals surface area contributed by atoms with Crippen molar-refractivity contribution in [1.29, 1.82) is 0 Å². The van der Waals surface area contributed by atoms with Crippen LogP contribution >= 0.6 is 22.6 Å². The van der Waals surface area contributed by atoms with Crippen LogP contribution in [-0.2, 0) is 11.2 Å². The number of halogens is 1. The van der Waals surface area contributed by atoms with Crippen molar-refractivity contribution in [3.05, 3.63) is 69.3 Å². The molecule has 6 heteroatoms. The lowest BCUT2D eigenvalue weighted by Gasteiger charge is -2.14. The summed E-state index contributed by atoms with van der Waals surface area (Å²) in [6.07, 6.45) is 3.72. The summed E-state index contributed by atoms with van der Waals surface area (Å²) in [5.41, 5.74) is 5.82. The first kappa shape index (κ1) is 20.0. The summed E-state index contributed by atoms with van der Waals surface area (Å²) >= 11 is 2.27. The molecule has 0 spiro atoms. The number of hydrazone groups is 1. The Bertz CT molecular complexity index is 834. The van der Waals surface area contributed by atoms with E-state index in [1.807, 2.05) is 37.3 Å². The average molecular weight is 463 g/mol. The maximum atomic E-state index is 12.2. The topological polar surface area (TPSA) is 73.7 Å². The highest BCUT2D eigenvalue weighted by molar-refractivity contribution is 14.1. The SMILES string of the molecule is C=CCc1cccc(C=NNC(=O)C(C)Nc2ccc(I)c(C)c2)c1O. The largest absolute Gasteiger partial charge is 0.507 e. The van der Waals surface area contributed by atoms with Crippen LogP contribution in [0.1, 0.15) is 23.6 Å². The first-order chi connectivity index (χ1) is 12.4. The van der Waals surface area contributed by atoms with Crippen molar-refractivity contribution in [2.45, 2.75) is 26.3 Å². The molecule has 0 heterocycles. The lowest BCUT2D eigenvalue weighted by molar-refractivity contribution is -0.121. The second kappa shape index (κ2) is 9.38. The number of nitrogens with one attached hydrogen (secondary N) is 2. The fourth-order valence-electron chi connectivity index (χ4n) is 2.35. The molecule has 1 amide bonds. The number of anilines is 1. The van der Waals surface area contributed by atoms with Crippen LogP contribution in [0.3, 0.4) is 0 Å². The van der Waals surface area contributed by atoms with Gasteiger partial charge in [0.15, 0.2) is 0 Å². The molecule has 0 bridgehead atoms. The molecule has 0 saturated heterocycles. The number of hydrogen-bond acceptors (Lipinski definition) is 4. The normalized spacial score (nSPS) is 12.0. The smallest absolute Gasteiger partial charge is 0.262 e. The van der Waals surface area contributed by atoms with Gasteiger partial charge < -0.3 is 10.4 Å². The predicted octanol–water partition coefficient (Wildman–Crippen LogP) is 3.98. The minimum Gasteiger partial charge on any atom is -0.507 e. The summed E-state index contributed by atoms with van der Waals surface area (Å²) < 4.78 is 1.17. The third-order valence-electron chi connectivity index (χ3n) is 3.83. The molecule has 0 radical (unpaired) electrons. The van der Waals surface area contributed by atoms with Crippen LogP contribution in [0.4, 0.5) is 5.69 Å². The maximum absolute atomic E-state index is 12.2. The van der Waals surface area contributed by atoms with E-state index in [9.17, 15) is 9.90 Å². The lowest BCUT2D eigenvalue weighted by atomic mass is 10.1.